The van der Waals surface area contributed by atoms with Crippen LogP contribution in [0.2, 0.25) is 0 Å². The molecule has 1 heterocycles. The number of rotatable bonds is 3. The van der Waals surface area contributed by atoms with Crippen molar-refractivity contribution in [3.8, 4) is 5.75 Å². The second kappa shape index (κ2) is 5.43. The number of nitrogens with zero attached hydrogens (tertiary/aromatic N) is 1. The third-order valence-corrected chi connectivity index (χ3v) is 3.22. The number of ether oxygens (including phenoxy) is 1. The highest BCUT2D eigenvalue weighted by Crippen LogP contribution is 2.23. The smallest absolute Gasteiger partial charge is 0.492 e. The van der Waals surface area contributed by atoms with Gasteiger partial charge in [0.25, 0.3) is 0 Å². The molecule has 17 heavy (non-hydrogen) atoms. The predicted octanol–water partition coefficient (Wildman–Crippen LogP) is 0.365. The summed E-state index contributed by atoms with van der Waals surface area (Å²) in [5.74, 6) is 0.531. The van der Waals surface area contributed by atoms with Gasteiger partial charge in [0, 0.05) is 30.3 Å². The Bertz CT molecular complexity index is 378. The predicted molar refractivity (Wildman–Crippen MR) is 68.9 cm³/mol. The topological polar surface area (TPSA) is 52.9 Å². The molecule has 0 unspecified atom stereocenters. The van der Waals surface area contributed by atoms with E-state index in [9.17, 15) is 10.0 Å². The minimum absolute atomic E-state index is 0.410. The van der Waals surface area contributed by atoms with Crippen LogP contribution in [0.25, 0.3) is 0 Å². The molecule has 1 aromatic carbocycles. The van der Waals surface area contributed by atoms with Gasteiger partial charge in [0.1, 0.15) is 5.75 Å². The summed E-state index contributed by atoms with van der Waals surface area (Å²) in [6.45, 7) is 2.12. The van der Waals surface area contributed by atoms with Crippen LogP contribution in [0.3, 0.4) is 0 Å². The first kappa shape index (κ1) is 12.3. The number of piperidine rings is 1. The van der Waals surface area contributed by atoms with Crippen molar-refractivity contribution in [2.24, 2.45) is 0 Å². The molecule has 0 aliphatic carbocycles. The Labute approximate surface area is 102 Å². The van der Waals surface area contributed by atoms with E-state index in [2.05, 4.69) is 4.90 Å². The van der Waals surface area contributed by atoms with E-state index < -0.39 is 7.12 Å². The summed E-state index contributed by atoms with van der Waals surface area (Å²) in [7, 11) is 0.0571. The van der Waals surface area contributed by atoms with Crippen LogP contribution in [-0.4, -0.2) is 37.4 Å². The van der Waals surface area contributed by atoms with Crippen molar-refractivity contribution in [1.29, 1.82) is 0 Å². The molecular formula is C12H18BNO3. The highest BCUT2D eigenvalue weighted by Gasteiger charge is 2.19. The van der Waals surface area contributed by atoms with Gasteiger partial charge in [-0.2, -0.15) is 0 Å². The van der Waals surface area contributed by atoms with Gasteiger partial charge in [-0.05, 0) is 25.3 Å². The van der Waals surface area contributed by atoms with Crippen molar-refractivity contribution in [2.75, 3.05) is 25.1 Å². The molecule has 1 fully saturated rings. The van der Waals surface area contributed by atoms with Gasteiger partial charge in [0.2, 0.25) is 0 Å². The Morgan fingerprint density at radius 1 is 1.18 bits per heavy atom. The Kier molecular flexibility index (Phi) is 3.91. The van der Waals surface area contributed by atoms with Crippen LogP contribution in [-0.2, 0) is 0 Å². The molecule has 2 rings (SSSR count). The highest BCUT2D eigenvalue weighted by molar-refractivity contribution is 6.59. The first-order valence-corrected chi connectivity index (χ1v) is 6.01. The quantitative estimate of drug-likeness (QED) is 0.743. The zero-order chi connectivity index (χ0) is 12.3. The maximum absolute atomic E-state index is 9.20. The van der Waals surface area contributed by atoms with Gasteiger partial charge in [-0.3, -0.25) is 0 Å². The van der Waals surface area contributed by atoms with Crippen LogP contribution in [0.5, 0.6) is 5.75 Å². The maximum atomic E-state index is 9.20. The summed E-state index contributed by atoms with van der Waals surface area (Å²) < 4.78 is 5.19. The third-order valence-electron chi connectivity index (χ3n) is 3.22. The molecule has 92 valence electrons. The number of benzene rings is 1. The average Bonchev–Trinajstić information content (AvgIpc) is 2.39. The molecule has 0 bridgehead atoms. The lowest BCUT2D eigenvalue weighted by molar-refractivity contribution is 0.403. The molecule has 0 amide bonds. The normalized spacial score (nSPS) is 15.8. The molecule has 0 saturated carbocycles. The largest absolute Gasteiger partial charge is 0.497 e. The van der Waals surface area contributed by atoms with Gasteiger partial charge < -0.3 is 19.7 Å². The minimum Gasteiger partial charge on any atom is -0.497 e. The van der Waals surface area contributed by atoms with E-state index in [1.54, 1.807) is 13.2 Å². The zero-order valence-electron chi connectivity index (χ0n) is 10.1. The van der Waals surface area contributed by atoms with Crippen LogP contribution in [0, 0.1) is 0 Å². The summed E-state index contributed by atoms with van der Waals surface area (Å²) in [4.78, 5) is 2.31. The third kappa shape index (κ3) is 2.73. The van der Waals surface area contributed by atoms with E-state index in [0.29, 0.717) is 11.2 Å². The lowest BCUT2D eigenvalue weighted by Gasteiger charge is -2.29. The fourth-order valence-electron chi connectivity index (χ4n) is 2.26. The fraction of sp³-hybridized carbons (Fsp3) is 0.500. The summed E-state index contributed by atoms with van der Waals surface area (Å²) >= 11 is 0. The number of hydrogen-bond donors (Lipinski definition) is 2. The van der Waals surface area contributed by atoms with E-state index in [1.807, 2.05) is 12.1 Å². The van der Waals surface area contributed by atoms with Gasteiger partial charge in [0.15, 0.2) is 0 Å². The second-order valence-electron chi connectivity index (χ2n) is 4.35. The SMILES string of the molecule is COc1cc(N2CCCCC2)ccc1B(O)O. The highest BCUT2D eigenvalue weighted by atomic mass is 16.5. The van der Waals surface area contributed by atoms with E-state index in [0.717, 1.165) is 18.8 Å². The van der Waals surface area contributed by atoms with Crippen molar-refractivity contribution in [2.45, 2.75) is 19.3 Å². The van der Waals surface area contributed by atoms with Crippen molar-refractivity contribution in [1.82, 2.24) is 0 Å². The molecule has 2 N–H and O–H groups in total. The fourth-order valence-corrected chi connectivity index (χ4v) is 2.26. The van der Waals surface area contributed by atoms with E-state index in [-0.39, 0.29) is 0 Å². The Morgan fingerprint density at radius 2 is 1.88 bits per heavy atom. The molecule has 0 spiro atoms. The number of anilines is 1. The van der Waals surface area contributed by atoms with Gasteiger partial charge >= 0.3 is 7.12 Å². The van der Waals surface area contributed by atoms with Crippen molar-refractivity contribution in [3.05, 3.63) is 18.2 Å². The molecular weight excluding hydrogens is 217 g/mol. The van der Waals surface area contributed by atoms with Gasteiger partial charge in [-0.25, -0.2) is 0 Å². The molecule has 1 aliphatic rings. The summed E-state index contributed by atoms with van der Waals surface area (Å²) in [6, 6.07) is 5.51. The molecule has 1 aliphatic heterocycles. The summed E-state index contributed by atoms with van der Waals surface area (Å²) in [6.07, 6.45) is 3.72. The molecule has 1 aromatic rings. The maximum Gasteiger partial charge on any atom is 0.492 e. The Balaban J connectivity index is 2.24. The molecule has 5 heteroatoms. The van der Waals surface area contributed by atoms with Gasteiger partial charge in [-0.1, -0.05) is 6.07 Å². The van der Waals surface area contributed by atoms with Crippen LogP contribution in [0.15, 0.2) is 18.2 Å². The molecule has 0 aromatic heterocycles. The molecule has 0 atom stereocenters. The van der Waals surface area contributed by atoms with Crippen LogP contribution < -0.4 is 15.1 Å². The molecule has 1 saturated heterocycles. The van der Waals surface area contributed by atoms with Crippen molar-refractivity contribution < 1.29 is 14.8 Å². The first-order valence-electron chi connectivity index (χ1n) is 6.01. The zero-order valence-corrected chi connectivity index (χ0v) is 10.1. The monoisotopic (exact) mass is 235 g/mol. The van der Waals surface area contributed by atoms with E-state index in [4.69, 9.17) is 4.74 Å². The lowest BCUT2D eigenvalue weighted by atomic mass is 9.79. The van der Waals surface area contributed by atoms with Crippen molar-refractivity contribution >= 4 is 18.3 Å². The van der Waals surface area contributed by atoms with Gasteiger partial charge in [0.05, 0.1) is 7.11 Å². The first-order chi connectivity index (χ1) is 8.22. The summed E-state index contributed by atoms with van der Waals surface area (Å²) in [5.41, 5.74) is 1.50. The second-order valence-corrected chi connectivity index (χ2v) is 4.35. The van der Waals surface area contributed by atoms with E-state index in [1.165, 1.54) is 19.3 Å². The van der Waals surface area contributed by atoms with Crippen LogP contribution in [0.1, 0.15) is 19.3 Å². The number of hydrogen-bond acceptors (Lipinski definition) is 4. The Morgan fingerprint density at radius 3 is 2.47 bits per heavy atom. The lowest BCUT2D eigenvalue weighted by Crippen LogP contribution is -2.33. The Hall–Kier alpha value is -1.20. The van der Waals surface area contributed by atoms with Crippen LogP contribution in [0.4, 0.5) is 5.69 Å². The average molecular weight is 235 g/mol. The number of methoxy groups -OCH3 is 1. The van der Waals surface area contributed by atoms with Crippen molar-refractivity contribution in [3.63, 3.8) is 0 Å². The summed E-state index contributed by atoms with van der Waals surface area (Å²) in [5, 5.41) is 18.4. The van der Waals surface area contributed by atoms with Gasteiger partial charge in [-0.15, -0.1) is 0 Å². The van der Waals surface area contributed by atoms with E-state index >= 15 is 0 Å². The standard InChI is InChI=1S/C12H18BNO3/c1-17-12-9-10(5-6-11(12)13(15)16)14-7-3-2-4-8-14/h5-6,9,15-16H,2-4,7-8H2,1H3. The molecule has 4 nitrogen and oxygen atoms in total. The minimum atomic E-state index is -1.49. The van der Waals surface area contributed by atoms with Crippen LogP contribution >= 0.6 is 0 Å². The molecule has 0 radical (unpaired) electrons.